The monoisotopic (exact) mass is 288 g/mol. The molecule has 0 saturated heterocycles. The van der Waals surface area contributed by atoms with Crippen LogP contribution in [0.3, 0.4) is 0 Å². The van der Waals surface area contributed by atoms with Crippen LogP contribution in [0.15, 0.2) is 24.7 Å². The largest absolute Gasteiger partial charge is 0.443 e. The summed E-state index contributed by atoms with van der Waals surface area (Å²) in [7, 11) is 0. The molecule has 8 heteroatoms. The first-order valence-corrected chi connectivity index (χ1v) is 6.37. The second kappa shape index (κ2) is 5.62. The van der Waals surface area contributed by atoms with Gasteiger partial charge in [-0.05, 0) is 18.2 Å². The first kappa shape index (κ1) is 13.9. The van der Waals surface area contributed by atoms with Crippen LogP contribution in [0.5, 0.6) is 0 Å². The number of rotatable bonds is 4. The summed E-state index contributed by atoms with van der Waals surface area (Å²) in [6, 6.07) is 1.36. The summed E-state index contributed by atoms with van der Waals surface area (Å²) in [5.74, 6) is 0. The summed E-state index contributed by atoms with van der Waals surface area (Å²) in [5, 5.41) is 9.67. The number of hydrogen-bond donors (Lipinski definition) is 1. The molecule has 0 aliphatic carbocycles. The van der Waals surface area contributed by atoms with E-state index in [1.807, 2.05) is 6.92 Å². The normalized spacial score (nSPS) is 13.5. The lowest BCUT2D eigenvalue weighted by Gasteiger charge is -2.15. The van der Waals surface area contributed by atoms with Gasteiger partial charge in [-0.3, -0.25) is 0 Å². The quantitative estimate of drug-likeness (QED) is 0.939. The lowest BCUT2D eigenvalue weighted by Crippen LogP contribution is -2.21. The van der Waals surface area contributed by atoms with Gasteiger partial charge in [-0.15, -0.1) is 11.3 Å². The van der Waals surface area contributed by atoms with Crippen LogP contribution >= 0.6 is 11.3 Å². The molecule has 0 aliphatic rings. The van der Waals surface area contributed by atoms with E-state index in [4.69, 9.17) is 0 Å². The molecule has 2 aromatic heterocycles. The maximum absolute atomic E-state index is 12.6. The zero-order valence-electron chi connectivity index (χ0n) is 9.98. The van der Waals surface area contributed by atoms with E-state index in [1.165, 1.54) is 18.6 Å². The summed E-state index contributed by atoms with van der Waals surface area (Å²) in [5.41, 5.74) is 0.759. The average molecular weight is 288 g/mol. The van der Waals surface area contributed by atoms with Crippen molar-refractivity contribution in [1.82, 2.24) is 20.5 Å². The van der Waals surface area contributed by atoms with Crippen LogP contribution in [0.25, 0.3) is 0 Å². The van der Waals surface area contributed by atoms with Crippen LogP contribution in [0.4, 0.5) is 13.2 Å². The zero-order chi connectivity index (χ0) is 13.9. The van der Waals surface area contributed by atoms with Gasteiger partial charge in [0.1, 0.15) is 0 Å². The van der Waals surface area contributed by atoms with Crippen LogP contribution < -0.4 is 5.32 Å². The Morgan fingerprint density at radius 2 is 2.11 bits per heavy atom. The maximum atomic E-state index is 12.6. The average Bonchev–Trinajstić information content (AvgIpc) is 2.86. The SMILES string of the molecule is CCNC(c1ccnnc1)c1cnc(C(F)(F)F)s1. The lowest BCUT2D eigenvalue weighted by atomic mass is 10.1. The number of hydrogen-bond acceptors (Lipinski definition) is 5. The molecule has 4 nitrogen and oxygen atoms in total. The van der Waals surface area contributed by atoms with E-state index in [0.29, 0.717) is 22.8 Å². The van der Waals surface area contributed by atoms with Gasteiger partial charge in [0.05, 0.1) is 12.2 Å². The van der Waals surface area contributed by atoms with Crippen molar-refractivity contribution in [1.29, 1.82) is 0 Å². The van der Waals surface area contributed by atoms with Crippen LogP contribution in [0, 0.1) is 0 Å². The van der Waals surface area contributed by atoms with Crippen molar-refractivity contribution in [2.75, 3.05) is 6.54 Å². The minimum Gasteiger partial charge on any atom is -0.306 e. The van der Waals surface area contributed by atoms with Gasteiger partial charge in [0.2, 0.25) is 0 Å². The highest BCUT2D eigenvalue weighted by Crippen LogP contribution is 2.35. The first-order valence-electron chi connectivity index (χ1n) is 5.55. The van der Waals surface area contributed by atoms with Gasteiger partial charge in [0, 0.05) is 17.3 Å². The second-order valence-corrected chi connectivity index (χ2v) is 4.79. The minimum absolute atomic E-state index is 0.353. The molecule has 0 saturated carbocycles. The van der Waals surface area contributed by atoms with Crippen molar-refractivity contribution >= 4 is 11.3 Å². The fourth-order valence-corrected chi connectivity index (χ4v) is 2.50. The third-order valence-electron chi connectivity index (χ3n) is 2.40. The van der Waals surface area contributed by atoms with Gasteiger partial charge in [-0.1, -0.05) is 6.92 Å². The van der Waals surface area contributed by atoms with Gasteiger partial charge in [-0.25, -0.2) is 4.98 Å². The van der Waals surface area contributed by atoms with E-state index in [0.717, 1.165) is 5.56 Å². The van der Waals surface area contributed by atoms with Crippen molar-refractivity contribution in [3.63, 3.8) is 0 Å². The fourth-order valence-electron chi connectivity index (χ4n) is 1.61. The molecule has 2 heterocycles. The van der Waals surface area contributed by atoms with Gasteiger partial charge < -0.3 is 5.32 Å². The van der Waals surface area contributed by atoms with Crippen LogP contribution in [0.2, 0.25) is 0 Å². The molecular formula is C11H11F3N4S. The number of nitrogens with zero attached hydrogens (tertiary/aromatic N) is 3. The minimum atomic E-state index is -4.41. The molecule has 0 fully saturated rings. The molecule has 1 atom stereocenters. The Hall–Kier alpha value is -1.54. The molecule has 2 aromatic rings. The third-order valence-corrected chi connectivity index (χ3v) is 3.51. The molecular weight excluding hydrogens is 277 g/mol. The molecule has 0 amide bonds. The van der Waals surface area contributed by atoms with Gasteiger partial charge >= 0.3 is 6.18 Å². The van der Waals surface area contributed by atoms with Crippen molar-refractivity contribution in [3.8, 4) is 0 Å². The molecule has 0 spiro atoms. The Bertz CT molecular complexity index is 526. The van der Waals surface area contributed by atoms with E-state index in [2.05, 4.69) is 20.5 Å². The van der Waals surface area contributed by atoms with Crippen LogP contribution in [-0.2, 0) is 6.18 Å². The molecule has 1 N–H and O–H groups in total. The van der Waals surface area contributed by atoms with Crippen LogP contribution in [-0.4, -0.2) is 21.7 Å². The Balaban J connectivity index is 2.32. The number of alkyl halides is 3. The van der Waals surface area contributed by atoms with Gasteiger partial charge in [0.15, 0.2) is 5.01 Å². The molecule has 0 bridgehead atoms. The standard InChI is InChI=1S/C11H11F3N4S/c1-2-15-9(7-3-4-17-18-5-7)8-6-16-10(19-8)11(12,13)14/h3-6,9,15H,2H2,1H3. The molecule has 102 valence electrons. The molecule has 19 heavy (non-hydrogen) atoms. The summed E-state index contributed by atoms with van der Waals surface area (Å²) in [4.78, 5) is 3.94. The topological polar surface area (TPSA) is 50.7 Å². The molecule has 1 unspecified atom stereocenters. The Morgan fingerprint density at radius 3 is 2.63 bits per heavy atom. The van der Waals surface area contributed by atoms with E-state index < -0.39 is 11.2 Å². The maximum Gasteiger partial charge on any atom is 0.443 e. The highest BCUT2D eigenvalue weighted by molar-refractivity contribution is 7.11. The van der Waals surface area contributed by atoms with Gasteiger partial charge in [-0.2, -0.15) is 23.4 Å². The van der Waals surface area contributed by atoms with Crippen LogP contribution in [0.1, 0.15) is 28.4 Å². The van der Waals surface area contributed by atoms with E-state index in [9.17, 15) is 13.2 Å². The molecule has 2 rings (SSSR count). The number of nitrogens with one attached hydrogen (secondary N) is 1. The van der Waals surface area contributed by atoms with Crippen molar-refractivity contribution < 1.29 is 13.2 Å². The predicted molar refractivity (Wildman–Crippen MR) is 64.7 cm³/mol. The molecule has 0 aromatic carbocycles. The number of halogens is 3. The molecule has 0 radical (unpaired) electrons. The second-order valence-electron chi connectivity index (χ2n) is 3.73. The summed E-state index contributed by atoms with van der Waals surface area (Å²) in [6.07, 6.45) is -0.122. The van der Waals surface area contributed by atoms with E-state index in [1.54, 1.807) is 6.07 Å². The predicted octanol–water partition coefficient (Wildman–Crippen LogP) is 2.65. The smallest absolute Gasteiger partial charge is 0.306 e. The summed E-state index contributed by atoms with van der Waals surface area (Å²) < 4.78 is 37.7. The van der Waals surface area contributed by atoms with Gasteiger partial charge in [0.25, 0.3) is 0 Å². The Labute approximate surface area is 111 Å². The number of thiazole rings is 1. The first-order chi connectivity index (χ1) is 9.02. The van der Waals surface area contributed by atoms with Crippen molar-refractivity contribution in [2.24, 2.45) is 0 Å². The van der Waals surface area contributed by atoms with E-state index >= 15 is 0 Å². The zero-order valence-corrected chi connectivity index (χ0v) is 10.8. The summed E-state index contributed by atoms with van der Waals surface area (Å²) >= 11 is 0.636. The number of aromatic nitrogens is 3. The lowest BCUT2D eigenvalue weighted by molar-refractivity contribution is -0.137. The fraction of sp³-hybridized carbons (Fsp3) is 0.364. The Kier molecular flexibility index (Phi) is 4.11. The highest BCUT2D eigenvalue weighted by Gasteiger charge is 2.35. The highest BCUT2D eigenvalue weighted by atomic mass is 32.1. The van der Waals surface area contributed by atoms with E-state index in [-0.39, 0.29) is 6.04 Å². The summed E-state index contributed by atoms with van der Waals surface area (Å²) in [6.45, 7) is 2.50. The van der Waals surface area contributed by atoms with Crippen molar-refractivity contribution in [2.45, 2.75) is 19.1 Å². The third kappa shape index (κ3) is 3.27. The molecule has 0 aliphatic heterocycles. The Morgan fingerprint density at radius 1 is 1.32 bits per heavy atom. The van der Waals surface area contributed by atoms with Crippen molar-refractivity contribution in [3.05, 3.63) is 40.1 Å².